The van der Waals surface area contributed by atoms with Gasteiger partial charge >= 0.3 is 0 Å². The highest BCUT2D eigenvalue weighted by atomic mass is 15.2. The number of nitrogens with zero attached hydrogens (tertiary/aromatic N) is 1. The first-order valence-electron chi connectivity index (χ1n) is 7.13. The molecule has 2 atom stereocenters. The fourth-order valence-electron chi connectivity index (χ4n) is 3.06. The molecule has 2 nitrogen and oxygen atoms in total. The normalized spacial score (nSPS) is 25.7. The van der Waals surface area contributed by atoms with E-state index in [1.54, 1.807) is 0 Å². The Kier molecular flexibility index (Phi) is 6.37. The summed E-state index contributed by atoms with van der Waals surface area (Å²) in [5.41, 5.74) is 5.91. The molecule has 0 radical (unpaired) electrons. The summed E-state index contributed by atoms with van der Waals surface area (Å²) in [4.78, 5) is 2.64. The van der Waals surface area contributed by atoms with Crippen LogP contribution in [0, 0.1) is 11.8 Å². The Morgan fingerprint density at radius 3 is 2.56 bits per heavy atom. The minimum absolute atomic E-state index is 0.598. The summed E-state index contributed by atoms with van der Waals surface area (Å²) < 4.78 is 0. The molecule has 0 aromatic carbocycles. The van der Waals surface area contributed by atoms with E-state index in [4.69, 9.17) is 5.73 Å². The highest BCUT2D eigenvalue weighted by Crippen LogP contribution is 2.24. The summed E-state index contributed by atoms with van der Waals surface area (Å²) in [7, 11) is 0. The van der Waals surface area contributed by atoms with Gasteiger partial charge in [-0.1, -0.05) is 33.6 Å². The van der Waals surface area contributed by atoms with Gasteiger partial charge in [-0.05, 0) is 44.2 Å². The lowest BCUT2D eigenvalue weighted by molar-refractivity contribution is 0.163. The van der Waals surface area contributed by atoms with Gasteiger partial charge in [0.2, 0.25) is 0 Å². The Bertz CT molecular complexity index is 180. The van der Waals surface area contributed by atoms with Crippen LogP contribution in [0.5, 0.6) is 0 Å². The molecule has 1 aliphatic rings. The van der Waals surface area contributed by atoms with Crippen LogP contribution in [0.25, 0.3) is 0 Å². The average molecular weight is 226 g/mol. The van der Waals surface area contributed by atoms with Crippen molar-refractivity contribution in [2.45, 2.75) is 58.9 Å². The van der Waals surface area contributed by atoms with E-state index in [0.29, 0.717) is 12.0 Å². The molecule has 2 N–H and O–H groups in total. The standard InChI is InChI=1S/C14H30N2/c1-4-6-13-7-5-9-16(10-8-13)14(11-15)12(2)3/h12-14H,4-11,15H2,1-3H3. The summed E-state index contributed by atoms with van der Waals surface area (Å²) in [6.45, 7) is 10.2. The zero-order valence-corrected chi connectivity index (χ0v) is 11.4. The largest absolute Gasteiger partial charge is 0.329 e. The smallest absolute Gasteiger partial charge is 0.0241 e. The Morgan fingerprint density at radius 1 is 1.25 bits per heavy atom. The van der Waals surface area contributed by atoms with Crippen LogP contribution in [-0.2, 0) is 0 Å². The van der Waals surface area contributed by atoms with Gasteiger partial charge in [0.05, 0.1) is 0 Å². The van der Waals surface area contributed by atoms with E-state index in [0.717, 1.165) is 12.5 Å². The van der Waals surface area contributed by atoms with Crippen molar-refractivity contribution in [2.24, 2.45) is 17.6 Å². The van der Waals surface area contributed by atoms with E-state index in [2.05, 4.69) is 25.7 Å². The van der Waals surface area contributed by atoms with Crippen molar-refractivity contribution in [3.05, 3.63) is 0 Å². The molecule has 0 aliphatic carbocycles. The molecule has 0 saturated carbocycles. The molecule has 0 aromatic rings. The van der Waals surface area contributed by atoms with E-state index >= 15 is 0 Å². The first-order valence-corrected chi connectivity index (χ1v) is 7.13. The molecule has 0 spiro atoms. The first-order chi connectivity index (χ1) is 7.69. The Morgan fingerprint density at radius 2 is 2.00 bits per heavy atom. The number of hydrogen-bond donors (Lipinski definition) is 1. The van der Waals surface area contributed by atoms with Crippen molar-refractivity contribution >= 4 is 0 Å². The zero-order valence-electron chi connectivity index (χ0n) is 11.4. The van der Waals surface area contributed by atoms with Gasteiger partial charge in [-0.25, -0.2) is 0 Å². The number of likely N-dealkylation sites (tertiary alicyclic amines) is 1. The summed E-state index contributed by atoms with van der Waals surface area (Å²) in [5.74, 6) is 1.66. The second kappa shape index (κ2) is 7.29. The van der Waals surface area contributed by atoms with Crippen LogP contribution in [0.2, 0.25) is 0 Å². The topological polar surface area (TPSA) is 29.3 Å². The Balaban J connectivity index is 2.45. The lowest BCUT2D eigenvalue weighted by Crippen LogP contribution is -2.44. The molecular formula is C14H30N2. The van der Waals surface area contributed by atoms with Crippen LogP contribution >= 0.6 is 0 Å². The van der Waals surface area contributed by atoms with Crippen molar-refractivity contribution in [3.63, 3.8) is 0 Å². The molecule has 0 bridgehead atoms. The molecule has 1 fully saturated rings. The lowest BCUT2D eigenvalue weighted by atomic mass is 9.96. The van der Waals surface area contributed by atoms with Crippen LogP contribution in [0.4, 0.5) is 0 Å². The summed E-state index contributed by atoms with van der Waals surface area (Å²) in [5, 5.41) is 0. The maximum absolute atomic E-state index is 5.91. The monoisotopic (exact) mass is 226 g/mol. The van der Waals surface area contributed by atoms with Crippen LogP contribution in [0.1, 0.15) is 52.9 Å². The van der Waals surface area contributed by atoms with Crippen molar-refractivity contribution in [1.82, 2.24) is 4.90 Å². The molecule has 16 heavy (non-hydrogen) atoms. The third-order valence-electron chi connectivity index (χ3n) is 4.06. The van der Waals surface area contributed by atoms with E-state index in [9.17, 15) is 0 Å². The Labute approximate surface area is 102 Å². The van der Waals surface area contributed by atoms with Crippen molar-refractivity contribution < 1.29 is 0 Å². The van der Waals surface area contributed by atoms with Crippen LogP contribution in [0.15, 0.2) is 0 Å². The highest BCUT2D eigenvalue weighted by Gasteiger charge is 2.23. The summed E-state index contributed by atoms with van der Waals surface area (Å²) in [6.07, 6.45) is 6.95. The van der Waals surface area contributed by atoms with Gasteiger partial charge in [0, 0.05) is 12.6 Å². The van der Waals surface area contributed by atoms with Gasteiger partial charge in [0.15, 0.2) is 0 Å². The van der Waals surface area contributed by atoms with E-state index in [-0.39, 0.29) is 0 Å². The van der Waals surface area contributed by atoms with E-state index in [1.165, 1.54) is 45.2 Å². The SMILES string of the molecule is CCCC1CCCN(C(CN)C(C)C)CC1. The fraction of sp³-hybridized carbons (Fsp3) is 1.00. The van der Waals surface area contributed by atoms with Crippen molar-refractivity contribution in [3.8, 4) is 0 Å². The van der Waals surface area contributed by atoms with Crippen molar-refractivity contribution in [1.29, 1.82) is 0 Å². The van der Waals surface area contributed by atoms with E-state index < -0.39 is 0 Å². The number of hydrogen-bond acceptors (Lipinski definition) is 2. The minimum Gasteiger partial charge on any atom is -0.329 e. The van der Waals surface area contributed by atoms with Gasteiger partial charge in [0.25, 0.3) is 0 Å². The second-order valence-corrected chi connectivity index (χ2v) is 5.67. The van der Waals surface area contributed by atoms with Gasteiger partial charge in [-0.15, -0.1) is 0 Å². The average Bonchev–Trinajstić information content (AvgIpc) is 2.46. The summed E-state index contributed by atoms with van der Waals surface area (Å²) >= 11 is 0. The van der Waals surface area contributed by atoms with Crippen molar-refractivity contribution in [2.75, 3.05) is 19.6 Å². The van der Waals surface area contributed by atoms with Crippen LogP contribution in [-0.4, -0.2) is 30.6 Å². The number of rotatable bonds is 5. The molecule has 0 aromatic heterocycles. The highest BCUT2D eigenvalue weighted by molar-refractivity contribution is 4.79. The van der Waals surface area contributed by atoms with Crippen LogP contribution in [0.3, 0.4) is 0 Å². The van der Waals surface area contributed by atoms with Crippen LogP contribution < -0.4 is 5.73 Å². The Hall–Kier alpha value is -0.0800. The number of nitrogens with two attached hydrogens (primary N) is 1. The molecule has 1 aliphatic heterocycles. The lowest BCUT2D eigenvalue weighted by Gasteiger charge is -2.32. The zero-order chi connectivity index (χ0) is 12.0. The molecule has 1 saturated heterocycles. The molecule has 0 amide bonds. The summed E-state index contributed by atoms with van der Waals surface area (Å²) in [6, 6.07) is 0.598. The fourth-order valence-corrected chi connectivity index (χ4v) is 3.06. The molecule has 2 heteroatoms. The molecule has 96 valence electrons. The quantitative estimate of drug-likeness (QED) is 0.781. The van der Waals surface area contributed by atoms with Gasteiger partial charge < -0.3 is 5.73 Å². The molecule has 1 rings (SSSR count). The maximum atomic E-state index is 5.91. The third kappa shape index (κ3) is 4.06. The predicted octanol–water partition coefficient (Wildman–Crippen LogP) is 2.87. The van der Waals surface area contributed by atoms with Gasteiger partial charge in [-0.2, -0.15) is 0 Å². The van der Waals surface area contributed by atoms with E-state index in [1.807, 2.05) is 0 Å². The van der Waals surface area contributed by atoms with Gasteiger partial charge in [0.1, 0.15) is 0 Å². The molecule has 1 heterocycles. The second-order valence-electron chi connectivity index (χ2n) is 5.67. The molecule has 2 unspecified atom stereocenters. The predicted molar refractivity (Wildman–Crippen MR) is 71.5 cm³/mol. The third-order valence-corrected chi connectivity index (χ3v) is 4.06. The maximum Gasteiger partial charge on any atom is 0.0241 e. The minimum atomic E-state index is 0.598. The van der Waals surface area contributed by atoms with Gasteiger partial charge in [-0.3, -0.25) is 4.90 Å². The molecular weight excluding hydrogens is 196 g/mol. The first kappa shape index (κ1) is 14.0.